The average molecular weight is 274 g/mol. The predicted octanol–water partition coefficient (Wildman–Crippen LogP) is 1.33. The van der Waals surface area contributed by atoms with Crippen molar-refractivity contribution >= 4 is 23.8 Å². The highest BCUT2D eigenvalue weighted by molar-refractivity contribution is 7.98. The number of hydrogen-bond acceptors (Lipinski definition) is 4. The minimum atomic E-state index is -0.297. The molecule has 0 atom stereocenters. The topological polar surface area (TPSA) is 58.6 Å². The van der Waals surface area contributed by atoms with Crippen molar-refractivity contribution < 1.29 is 14.3 Å². The number of methoxy groups -OCH3 is 1. The third kappa shape index (κ3) is 4.76. The molecule has 0 saturated carbocycles. The van der Waals surface area contributed by atoms with E-state index >= 15 is 0 Å². The van der Waals surface area contributed by atoms with Gasteiger partial charge in [0.1, 0.15) is 0 Å². The number of carbonyl (C=O) groups is 2. The maximum absolute atomic E-state index is 11.9. The van der Waals surface area contributed by atoms with Gasteiger partial charge in [0.25, 0.3) is 0 Å². The first-order chi connectivity index (χ1) is 8.69. The lowest BCUT2D eigenvalue weighted by molar-refractivity contribution is -0.126. The molecule has 1 aliphatic rings. The number of hydrogen-bond donors (Lipinski definition) is 1. The van der Waals surface area contributed by atoms with Crippen LogP contribution in [0.15, 0.2) is 0 Å². The van der Waals surface area contributed by atoms with E-state index in [9.17, 15) is 9.59 Å². The first-order valence-electron chi connectivity index (χ1n) is 6.28. The van der Waals surface area contributed by atoms with Gasteiger partial charge in [-0.05, 0) is 31.3 Å². The number of ether oxygens (including phenoxy) is 1. The van der Waals surface area contributed by atoms with Gasteiger partial charge in [0.2, 0.25) is 5.91 Å². The molecule has 1 N–H and O–H groups in total. The third-order valence-electron chi connectivity index (χ3n) is 3.12. The molecule has 2 amide bonds. The minimum absolute atomic E-state index is 0.0418. The van der Waals surface area contributed by atoms with Crippen LogP contribution in [0.3, 0.4) is 0 Å². The molecule has 0 aromatic rings. The first kappa shape index (κ1) is 15.1. The van der Waals surface area contributed by atoms with Crippen molar-refractivity contribution in [3.8, 4) is 0 Å². The van der Waals surface area contributed by atoms with E-state index < -0.39 is 0 Å². The summed E-state index contributed by atoms with van der Waals surface area (Å²) in [7, 11) is 1.38. The molecule has 5 nitrogen and oxygen atoms in total. The Hall–Kier alpha value is -0.910. The maximum atomic E-state index is 11.9. The van der Waals surface area contributed by atoms with Gasteiger partial charge in [-0.25, -0.2) is 4.79 Å². The lowest BCUT2D eigenvalue weighted by atomic mass is 9.96. The van der Waals surface area contributed by atoms with Gasteiger partial charge in [-0.2, -0.15) is 11.8 Å². The van der Waals surface area contributed by atoms with E-state index in [0.717, 1.165) is 31.6 Å². The summed E-state index contributed by atoms with van der Waals surface area (Å²) < 4.78 is 4.66. The molecule has 104 valence electrons. The molecule has 1 saturated heterocycles. The van der Waals surface area contributed by atoms with Crippen molar-refractivity contribution in [2.45, 2.75) is 19.3 Å². The molecule has 0 aromatic heterocycles. The summed E-state index contributed by atoms with van der Waals surface area (Å²) in [5.41, 5.74) is 0. The molecule has 0 aliphatic carbocycles. The highest BCUT2D eigenvalue weighted by Gasteiger charge is 2.27. The summed E-state index contributed by atoms with van der Waals surface area (Å²) in [5.74, 6) is 1.24. The van der Waals surface area contributed by atoms with Crippen molar-refractivity contribution in [3.63, 3.8) is 0 Å². The Labute approximate surface area is 113 Å². The summed E-state index contributed by atoms with van der Waals surface area (Å²) >= 11 is 1.79. The van der Waals surface area contributed by atoms with E-state index in [-0.39, 0.29) is 17.9 Å². The van der Waals surface area contributed by atoms with Crippen LogP contribution >= 0.6 is 11.8 Å². The van der Waals surface area contributed by atoms with Crippen LogP contribution in [0.1, 0.15) is 19.3 Å². The Morgan fingerprint density at radius 2 is 2.06 bits per heavy atom. The lowest BCUT2D eigenvalue weighted by Crippen LogP contribution is -2.43. The second-order valence-corrected chi connectivity index (χ2v) is 5.35. The van der Waals surface area contributed by atoms with Crippen LogP contribution in [-0.4, -0.2) is 55.7 Å². The van der Waals surface area contributed by atoms with E-state index in [1.807, 2.05) is 0 Å². The molecule has 0 spiro atoms. The Kier molecular flexibility index (Phi) is 6.93. The standard InChI is InChI=1S/C12H22N2O3S/c1-17-12(16)14-7-4-10(5-8-14)11(15)13-6-3-9-18-2/h10H,3-9H2,1-2H3,(H,13,15). The van der Waals surface area contributed by atoms with E-state index in [0.29, 0.717) is 13.1 Å². The lowest BCUT2D eigenvalue weighted by Gasteiger charge is -2.30. The van der Waals surface area contributed by atoms with E-state index in [1.54, 1.807) is 16.7 Å². The molecule has 18 heavy (non-hydrogen) atoms. The zero-order chi connectivity index (χ0) is 13.4. The van der Waals surface area contributed by atoms with Crippen LogP contribution in [0.25, 0.3) is 0 Å². The fraction of sp³-hybridized carbons (Fsp3) is 0.833. The fourth-order valence-electron chi connectivity index (χ4n) is 2.03. The van der Waals surface area contributed by atoms with Crippen LogP contribution in [0.5, 0.6) is 0 Å². The van der Waals surface area contributed by atoms with Gasteiger partial charge < -0.3 is 15.0 Å². The van der Waals surface area contributed by atoms with Crippen LogP contribution in [0, 0.1) is 5.92 Å². The molecule has 6 heteroatoms. The van der Waals surface area contributed by atoms with Crippen LogP contribution in [-0.2, 0) is 9.53 Å². The smallest absolute Gasteiger partial charge is 0.409 e. The summed E-state index contributed by atoms with van der Waals surface area (Å²) in [6, 6.07) is 0. The number of rotatable bonds is 5. The molecule has 1 fully saturated rings. The Balaban J connectivity index is 2.21. The van der Waals surface area contributed by atoms with Gasteiger partial charge in [-0.3, -0.25) is 4.79 Å². The van der Waals surface area contributed by atoms with E-state index in [2.05, 4.69) is 16.3 Å². The van der Waals surface area contributed by atoms with E-state index in [4.69, 9.17) is 0 Å². The number of piperidine rings is 1. The van der Waals surface area contributed by atoms with E-state index in [1.165, 1.54) is 7.11 Å². The summed E-state index contributed by atoms with van der Waals surface area (Å²) in [5, 5.41) is 2.96. The summed E-state index contributed by atoms with van der Waals surface area (Å²) in [4.78, 5) is 24.8. The van der Waals surface area contributed by atoms with Crippen LogP contribution in [0.2, 0.25) is 0 Å². The molecule has 1 heterocycles. The van der Waals surface area contributed by atoms with Crippen molar-refractivity contribution in [2.24, 2.45) is 5.92 Å². The fourth-order valence-corrected chi connectivity index (χ4v) is 2.46. The highest BCUT2D eigenvalue weighted by Crippen LogP contribution is 2.17. The van der Waals surface area contributed by atoms with Crippen LogP contribution < -0.4 is 5.32 Å². The molecular formula is C12H22N2O3S. The Bertz CT molecular complexity index is 278. The second kappa shape index (κ2) is 8.24. The van der Waals surface area contributed by atoms with Crippen molar-refractivity contribution in [1.29, 1.82) is 0 Å². The minimum Gasteiger partial charge on any atom is -0.453 e. The van der Waals surface area contributed by atoms with Gasteiger partial charge in [-0.15, -0.1) is 0 Å². The van der Waals surface area contributed by atoms with Crippen molar-refractivity contribution in [1.82, 2.24) is 10.2 Å². The Morgan fingerprint density at radius 1 is 1.39 bits per heavy atom. The van der Waals surface area contributed by atoms with Gasteiger partial charge in [0.15, 0.2) is 0 Å². The average Bonchev–Trinajstić information content (AvgIpc) is 2.42. The number of nitrogens with zero attached hydrogens (tertiary/aromatic N) is 1. The first-order valence-corrected chi connectivity index (χ1v) is 7.68. The zero-order valence-electron chi connectivity index (χ0n) is 11.1. The normalized spacial score (nSPS) is 16.4. The molecule has 0 aromatic carbocycles. The molecule has 0 unspecified atom stereocenters. The zero-order valence-corrected chi connectivity index (χ0v) is 11.9. The quantitative estimate of drug-likeness (QED) is 0.769. The molecule has 0 bridgehead atoms. The summed E-state index contributed by atoms with van der Waals surface area (Å²) in [6.45, 7) is 1.96. The van der Waals surface area contributed by atoms with Gasteiger partial charge in [-0.1, -0.05) is 0 Å². The SMILES string of the molecule is COC(=O)N1CCC(C(=O)NCCCSC)CC1. The monoisotopic (exact) mass is 274 g/mol. The van der Waals surface area contributed by atoms with Gasteiger partial charge in [0, 0.05) is 25.6 Å². The van der Waals surface area contributed by atoms with Crippen molar-refractivity contribution in [3.05, 3.63) is 0 Å². The van der Waals surface area contributed by atoms with Crippen LogP contribution in [0.4, 0.5) is 4.79 Å². The number of amides is 2. The van der Waals surface area contributed by atoms with Gasteiger partial charge >= 0.3 is 6.09 Å². The predicted molar refractivity (Wildman–Crippen MR) is 72.7 cm³/mol. The third-order valence-corrected chi connectivity index (χ3v) is 3.82. The number of carbonyl (C=O) groups excluding carboxylic acids is 2. The summed E-state index contributed by atoms with van der Waals surface area (Å²) in [6.07, 6.45) is 4.22. The van der Waals surface area contributed by atoms with Crippen molar-refractivity contribution in [2.75, 3.05) is 38.8 Å². The maximum Gasteiger partial charge on any atom is 0.409 e. The number of thioether (sulfide) groups is 1. The largest absolute Gasteiger partial charge is 0.453 e. The van der Waals surface area contributed by atoms with Gasteiger partial charge in [0.05, 0.1) is 7.11 Å². The second-order valence-electron chi connectivity index (χ2n) is 4.37. The molecular weight excluding hydrogens is 252 g/mol. The molecule has 1 aliphatic heterocycles. The highest BCUT2D eigenvalue weighted by atomic mass is 32.2. The number of likely N-dealkylation sites (tertiary alicyclic amines) is 1. The molecule has 1 rings (SSSR count). The molecule has 0 radical (unpaired) electrons. The Morgan fingerprint density at radius 3 is 2.61 bits per heavy atom. The number of nitrogens with one attached hydrogen (secondary N) is 1.